The van der Waals surface area contributed by atoms with Gasteiger partial charge >= 0.3 is 6.09 Å². The molecule has 0 unspecified atom stereocenters. The predicted octanol–water partition coefficient (Wildman–Crippen LogP) is 4.26. The molecule has 2 saturated carbocycles. The van der Waals surface area contributed by atoms with Crippen molar-refractivity contribution in [2.45, 2.75) is 88.3 Å². The van der Waals surface area contributed by atoms with E-state index in [0.29, 0.717) is 42.4 Å². The van der Waals surface area contributed by atoms with Crippen molar-refractivity contribution in [3.63, 3.8) is 0 Å². The normalized spacial score (nSPS) is 26.5. The van der Waals surface area contributed by atoms with Gasteiger partial charge in [0.05, 0.1) is 29.4 Å². The van der Waals surface area contributed by atoms with Crippen molar-refractivity contribution in [3.05, 3.63) is 72.8 Å². The maximum Gasteiger partial charge on any atom is 0.407 e. The predicted molar refractivity (Wildman–Crippen MR) is 205 cm³/mol. The zero-order valence-electron chi connectivity index (χ0n) is 31.1. The molecule has 5 atom stereocenters. The van der Waals surface area contributed by atoms with Gasteiger partial charge in [0, 0.05) is 17.9 Å². The van der Waals surface area contributed by atoms with Crippen LogP contribution in [-0.2, 0) is 29.1 Å². The van der Waals surface area contributed by atoms with Gasteiger partial charge in [0.2, 0.25) is 27.7 Å². The second kappa shape index (κ2) is 14.7. The molecule has 0 radical (unpaired) electrons. The summed E-state index contributed by atoms with van der Waals surface area (Å²) in [6.45, 7) is 9.20. The molecule has 4 aliphatic rings. The third-order valence-electron chi connectivity index (χ3n) is 10.5. The molecular weight excluding hydrogens is 725 g/mol. The molecule has 3 aromatic rings. The first kappa shape index (κ1) is 38.0. The van der Waals surface area contributed by atoms with Crippen LogP contribution in [0.4, 0.5) is 4.79 Å². The molecule has 55 heavy (non-hydrogen) atoms. The molecule has 2 aliphatic heterocycles. The maximum absolute atomic E-state index is 14.6. The Morgan fingerprint density at radius 3 is 2.51 bits per heavy atom. The van der Waals surface area contributed by atoms with Gasteiger partial charge in [-0.15, -0.1) is 6.58 Å². The monoisotopic (exact) mass is 770 g/mol. The van der Waals surface area contributed by atoms with Crippen LogP contribution in [0.5, 0.6) is 5.88 Å². The second-order valence-electron chi connectivity index (χ2n) is 15.8. The van der Waals surface area contributed by atoms with E-state index < -0.39 is 74.1 Å². The molecule has 3 heterocycles. The van der Waals surface area contributed by atoms with E-state index in [4.69, 9.17) is 19.4 Å². The number of carbonyl (C=O) groups excluding carboxylic acids is 4. The van der Waals surface area contributed by atoms with E-state index in [-0.39, 0.29) is 31.9 Å². The summed E-state index contributed by atoms with van der Waals surface area (Å²) in [5, 5.41) is 4.89. The molecule has 4 amide bonds. The number of hydrogen-bond donors (Lipinski definition) is 3. The van der Waals surface area contributed by atoms with Gasteiger partial charge < -0.3 is 25.0 Å². The van der Waals surface area contributed by atoms with E-state index in [1.54, 1.807) is 20.8 Å². The molecule has 290 valence electrons. The Morgan fingerprint density at radius 1 is 1.07 bits per heavy atom. The number of allylic oxidation sites excluding steroid dienone is 1. The summed E-state index contributed by atoms with van der Waals surface area (Å²) in [6, 6.07) is 12.8. The molecule has 15 heteroatoms. The number of sulfonamides is 1. The highest BCUT2D eigenvalue weighted by Gasteiger charge is 2.62. The third kappa shape index (κ3) is 8.07. The first-order valence-electron chi connectivity index (χ1n) is 18.6. The van der Waals surface area contributed by atoms with Crippen molar-refractivity contribution in [3.8, 4) is 17.1 Å². The highest BCUT2D eigenvalue weighted by atomic mass is 32.2. The number of rotatable bonds is 6. The van der Waals surface area contributed by atoms with Crippen LogP contribution in [0.25, 0.3) is 28.4 Å². The molecule has 7 rings (SSSR count). The van der Waals surface area contributed by atoms with Crippen molar-refractivity contribution in [1.82, 2.24) is 30.2 Å². The van der Waals surface area contributed by atoms with E-state index >= 15 is 0 Å². The number of ether oxygens (including phenoxy) is 2. The molecular formula is C40H46N6O8S. The lowest BCUT2D eigenvalue weighted by Crippen LogP contribution is -2.60. The number of para-hydroxylation sites is 2. The Morgan fingerprint density at radius 2 is 1.82 bits per heavy atom. The molecule has 4 bridgehead atoms. The largest absolute Gasteiger partial charge is 0.471 e. The van der Waals surface area contributed by atoms with Crippen LogP contribution in [0.15, 0.2) is 67.3 Å². The number of carbonyl (C=O) groups is 4. The number of cyclic esters (lactones) is 1. The summed E-state index contributed by atoms with van der Waals surface area (Å²) >= 11 is 0. The minimum absolute atomic E-state index is 0.00751. The van der Waals surface area contributed by atoms with Gasteiger partial charge in [-0.1, -0.05) is 69.3 Å². The fourth-order valence-corrected chi connectivity index (χ4v) is 8.52. The van der Waals surface area contributed by atoms with E-state index in [1.165, 1.54) is 11.0 Å². The summed E-state index contributed by atoms with van der Waals surface area (Å²) in [7, 11) is -3.91. The Labute approximate surface area is 320 Å². The Bertz CT molecular complexity index is 2180. The van der Waals surface area contributed by atoms with E-state index in [2.05, 4.69) is 21.9 Å². The summed E-state index contributed by atoms with van der Waals surface area (Å²) in [4.78, 5) is 66.8. The van der Waals surface area contributed by atoms with Crippen molar-refractivity contribution in [2.75, 3.05) is 13.2 Å². The quantitative estimate of drug-likeness (QED) is 0.306. The minimum atomic E-state index is -3.91. The molecule has 2 aliphatic carbocycles. The number of nitrogens with one attached hydrogen (secondary N) is 3. The maximum atomic E-state index is 14.6. The second-order valence-corrected chi connectivity index (χ2v) is 17.7. The van der Waals surface area contributed by atoms with Crippen molar-refractivity contribution in [2.24, 2.45) is 11.3 Å². The summed E-state index contributed by atoms with van der Waals surface area (Å²) < 4.78 is 39.7. The van der Waals surface area contributed by atoms with Crippen molar-refractivity contribution in [1.29, 1.82) is 0 Å². The summed E-state index contributed by atoms with van der Waals surface area (Å²) in [5.41, 5.74) is 0.996. The van der Waals surface area contributed by atoms with Crippen LogP contribution in [-0.4, -0.2) is 89.2 Å². The summed E-state index contributed by atoms with van der Waals surface area (Å²) in [5.74, 6) is -2.40. The van der Waals surface area contributed by atoms with Crippen molar-refractivity contribution < 1.29 is 37.1 Å². The first-order chi connectivity index (χ1) is 26.2. The fraction of sp³-hybridized carbons (Fsp3) is 0.450. The fourth-order valence-electron chi connectivity index (χ4n) is 7.16. The molecule has 14 nitrogen and oxygen atoms in total. The standard InChI is InChI=1S/C40H46N6O8S/c1-5-26-22-40(26,37(49)45-55(51,52)28-17-18-28)44-34(47)31-21-27-23-46(31)36(48)33(39(2,3)4)43-38(50)53-19-10-6-7-12-24-13-11-14-25(20-24)32-35(54-27)42-30-16-9-8-15-29(30)41-32/h5,7-9,11-16,20,26-28,31,33H,1,6,10,17-19,21-23H2,2-4H3,(H,43,50)(H,44,47)(H,45,49)/b12-7+/t26-,27-,31+,33-,40+/m1/s1. The smallest absolute Gasteiger partial charge is 0.407 e. The van der Waals surface area contributed by atoms with Gasteiger partial charge in [-0.25, -0.2) is 23.2 Å². The number of amides is 4. The number of benzene rings is 2. The van der Waals surface area contributed by atoms with Gasteiger partial charge in [0.1, 0.15) is 29.4 Å². The average Bonchev–Trinajstić information content (AvgIpc) is 4.07. The van der Waals surface area contributed by atoms with Crippen LogP contribution in [0.3, 0.4) is 0 Å². The first-order valence-corrected chi connectivity index (χ1v) is 20.2. The SMILES string of the molecule is C=C[C@@H]1C[C@@]1(NC(=O)[C@@H]1C[C@@H]2CN1C(=O)[C@H](C(C)(C)C)NC(=O)OCCC/C=C/c1cccc(c1)-c1nc3ccccc3nc1O2)C(=O)NS(=O)(=O)C1CC1. The van der Waals surface area contributed by atoms with Crippen LogP contribution in [0, 0.1) is 11.3 Å². The highest BCUT2D eigenvalue weighted by Crippen LogP contribution is 2.45. The average molecular weight is 771 g/mol. The van der Waals surface area contributed by atoms with Gasteiger partial charge in [0.25, 0.3) is 5.91 Å². The lowest BCUT2D eigenvalue weighted by molar-refractivity contribution is -0.142. The van der Waals surface area contributed by atoms with E-state index in [9.17, 15) is 27.6 Å². The van der Waals surface area contributed by atoms with Crippen LogP contribution in [0.2, 0.25) is 0 Å². The minimum Gasteiger partial charge on any atom is -0.471 e. The Kier molecular flexibility index (Phi) is 10.2. The highest BCUT2D eigenvalue weighted by molar-refractivity contribution is 7.91. The lowest BCUT2D eigenvalue weighted by Gasteiger charge is -2.35. The van der Waals surface area contributed by atoms with E-state index in [0.717, 1.165) is 11.1 Å². The third-order valence-corrected chi connectivity index (χ3v) is 12.3. The number of aromatic nitrogens is 2. The molecule has 0 spiro atoms. The van der Waals surface area contributed by atoms with Gasteiger partial charge in [0.15, 0.2) is 0 Å². The molecule has 3 fully saturated rings. The Balaban J connectivity index is 1.26. The number of fused-ring (bicyclic) bond motifs is 7. The topological polar surface area (TPSA) is 186 Å². The number of nitrogens with zero attached hydrogens (tertiary/aromatic N) is 3. The number of hydrogen-bond acceptors (Lipinski definition) is 10. The Hall–Kier alpha value is -5.31. The lowest BCUT2D eigenvalue weighted by atomic mass is 9.85. The molecule has 2 aromatic carbocycles. The summed E-state index contributed by atoms with van der Waals surface area (Å²) in [6.07, 6.45) is 6.14. The van der Waals surface area contributed by atoms with E-state index in [1.807, 2.05) is 60.7 Å². The van der Waals surface area contributed by atoms with Gasteiger partial charge in [-0.05, 0) is 61.3 Å². The zero-order valence-corrected chi connectivity index (χ0v) is 31.9. The van der Waals surface area contributed by atoms with Crippen LogP contribution >= 0.6 is 0 Å². The van der Waals surface area contributed by atoms with Gasteiger partial charge in [-0.3, -0.25) is 19.1 Å². The van der Waals surface area contributed by atoms with Crippen molar-refractivity contribution >= 4 is 50.9 Å². The van der Waals surface area contributed by atoms with Crippen LogP contribution < -0.4 is 20.1 Å². The molecule has 1 saturated heterocycles. The molecule has 3 N–H and O–H groups in total. The zero-order chi connectivity index (χ0) is 39.1. The van der Waals surface area contributed by atoms with Crippen LogP contribution in [0.1, 0.15) is 64.9 Å². The molecule has 1 aromatic heterocycles. The number of alkyl carbamates (subject to hydrolysis) is 1. The van der Waals surface area contributed by atoms with Gasteiger partial charge in [-0.2, -0.15) is 0 Å².